The minimum atomic E-state index is -0.346. The van der Waals surface area contributed by atoms with Gasteiger partial charge in [-0.2, -0.15) is 0 Å². The minimum absolute atomic E-state index is 0.346. The van der Waals surface area contributed by atoms with E-state index in [-0.39, 0.29) is 11.9 Å². The number of nitrogens with zero attached hydrogens (tertiary/aromatic N) is 2. The van der Waals surface area contributed by atoms with Crippen LogP contribution in [0.15, 0.2) is 24.3 Å². The second kappa shape index (κ2) is 32.3. The van der Waals surface area contributed by atoms with Crippen LogP contribution in [0.5, 0.6) is 0 Å². The van der Waals surface area contributed by atoms with Crippen LogP contribution in [0.25, 0.3) is 0 Å². The summed E-state index contributed by atoms with van der Waals surface area (Å²) < 4.78 is 11.1. The van der Waals surface area contributed by atoms with Gasteiger partial charge in [0.25, 0.3) is 0 Å². The van der Waals surface area contributed by atoms with Crippen LogP contribution in [-0.4, -0.2) is 74.2 Å². The average Bonchev–Trinajstić information content (AvgIpc) is 3.11. The molecule has 1 aromatic carbocycles. The van der Waals surface area contributed by atoms with Crippen LogP contribution >= 0.6 is 0 Å². The summed E-state index contributed by atoms with van der Waals surface area (Å²) in [5.74, 6) is -0.691. The molecule has 0 atom stereocenters. The molecule has 1 rings (SSSR count). The van der Waals surface area contributed by atoms with E-state index in [4.69, 9.17) is 9.47 Å². The number of benzene rings is 1. The van der Waals surface area contributed by atoms with Crippen LogP contribution in [0.2, 0.25) is 0 Å². The monoisotopic (exact) mass is 673 g/mol. The summed E-state index contributed by atoms with van der Waals surface area (Å²) >= 11 is 0. The quantitative estimate of drug-likeness (QED) is 0.0536. The van der Waals surface area contributed by atoms with E-state index < -0.39 is 0 Å². The van der Waals surface area contributed by atoms with Crippen molar-refractivity contribution in [2.24, 2.45) is 0 Å². The molecule has 0 aliphatic rings. The van der Waals surface area contributed by atoms with Crippen molar-refractivity contribution in [1.29, 1.82) is 0 Å². The Bertz CT molecular complexity index is 804. The molecular formula is C42H76N2O4. The van der Waals surface area contributed by atoms with Crippen molar-refractivity contribution in [3.05, 3.63) is 35.4 Å². The molecule has 0 heterocycles. The van der Waals surface area contributed by atoms with Crippen molar-refractivity contribution in [3.63, 3.8) is 0 Å². The second-order valence-electron chi connectivity index (χ2n) is 13.8. The molecule has 0 N–H and O–H groups in total. The van der Waals surface area contributed by atoms with Crippen LogP contribution in [-0.2, 0) is 9.47 Å². The Hall–Kier alpha value is -1.92. The molecule has 0 saturated carbocycles. The van der Waals surface area contributed by atoms with Crippen molar-refractivity contribution in [3.8, 4) is 0 Å². The standard InChI is InChI=1S/C42H76N2O4/c1-5-9-11-13-15-17-19-21-23-25-27-33-43(7-3)35-37-47-41(45)39-29-31-40(32-30-39)42(46)48-38-36-44(8-4)34-28-26-24-22-20-18-16-14-12-10-6-2/h29-32H,5-28,33-38H2,1-4H3. The maximum Gasteiger partial charge on any atom is 0.338 e. The average molecular weight is 673 g/mol. The first-order valence-corrected chi connectivity index (χ1v) is 20.4. The topological polar surface area (TPSA) is 59.1 Å². The third-order valence-corrected chi connectivity index (χ3v) is 9.69. The van der Waals surface area contributed by atoms with Crippen molar-refractivity contribution < 1.29 is 19.1 Å². The van der Waals surface area contributed by atoms with Gasteiger partial charge in [0, 0.05) is 13.1 Å². The SMILES string of the molecule is CCCCCCCCCCCCCN(CC)CCOC(=O)c1ccc(C(=O)OCCN(CC)CCCCCCCCCCCCC)cc1. The molecule has 0 fully saturated rings. The van der Waals surface area contributed by atoms with Crippen LogP contribution in [0.3, 0.4) is 0 Å². The number of ether oxygens (including phenoxy) is 2. The lowest BCUT2D eigenvalue weighted by molar-refractivity contribution is 0.0449. The molecule has 0 radical (unpaired) electrons. The number of rotatable bonds is 34. The summed E-state index contributed by atoms with van der Waals surface area (Å²) in [6.07, 6.45) is 29.7. The largest absolute Gasteiger partial charge is 0.461 e. The number of carbonyl (C=O) groups is 2. The third-order valence-electron chi connectivity index (χ3n) is 9.69. The zero-order chi connectivity index (χ0) is 34.9. The van der Waals surface area contributed by atoms with E-state index in [0.717, 1.165) is 39.3 Å². The molecule has 0 unspecified atom stereocenters. The summed E-state index contributed by atoms with van der Waals surface area (Å²) in [7, 11) is 0. The zero-order valence-corrected chi connectivity index (χ0v) is 32.1. The molecule has 48 heavy (non-hydrogen) atoms. The van der Waals surface area contributed by atoms with Crippen molar-refractivity contribution in [1.82, 2.24) is 9.80 Å². The molecular weight excluding hydrogens is 596 g/mol. The number of carbonyl (C=O) groups excluding carboxylic acids is 2. The molecule has 0 bridgehead atoms. The molecule has 6 heteroatoms. The van der Waals surface area contributed by atoms with Crippen molar-refractivity contribution >= 4 is 11.9 Å². The Morgan fingerprint density at radius 3 is 0.958 bits per heavy atom. The van der Waals surface area contributed by atoms with Gasteiger partial charge in [0.2, 0.25) is 0 Å². The number of likely N-dealkylation sites (N-methyl/N-ethyl adjacent to an activating group) is 2. The van der Waals surface area contributed by atoms with E-state index in [1.807, 2.05) is 0 Å². The summed E-state index contributed by atoms with van der Waals surface area (Å²) in [5.41, 5.74) is 0.924. The van der Waals surface area contributed by atoms with Gasteiger partial charge in [0.05, 0.1) is 11.1 Å². The highest BCUT2D eigenvalue weighted by atomic mass is 16.5. The van der Waals surface area contributed by atoms with Gasteiger partial charge in [0.1, 0.15) is 13.2 Å². The molecule has 0 aliphatic heterocycles. The Morgan fingerprint density at radius 1 is 0.417 bits per heavy atom. The van der Waals surface area contributed by atoms with Gasteiger partial charge in [-0.3, -0.25) is 0 Å². The number of hydrogen-bond donors (Lipinski definition) is 0. The van der Waals surface area contributed by atoms with E-state index in [9.17, 15) is 9.59 Å². The third kappa shape index (κ3) is 24.3. The number of unbranched alkanes of at least 4 members (excludes halogenated alkanes) is 20. The predicted octanol–water partition coefficient (Wildman–Crippen LogP) is 11.3. The highest BCUT2D eigenvalue weighted by Crippen LogP contribution is 2.13. The van der Waals surface area contributed by atoms with Crippen LogP contribution in [0, 0.1) is 0 Å². The smallest absolute Gasteiger partial charge is 0.338 e. The van der Waals surface area contributed by atoms with Gasteiger partial charge in [-0.15, -0.1) is 0 Å². The Morgan fingerprint density at radius 2 is 0.688 bits per heavy atom. The van der Waals surface area contributed by atoms with Gasteiger partial charge in [-0.05, 0) is 63.3 Å². The van der Waals surface area contributed by atoms with E-state index in [2.05, 4.69) is 37.5 Å². The zero-order valence-electron chi connectivity index (χ0n) is 32.1. The Labute approximate surface area is 297 Å². The van der Waals surface area contributed by atoms with Crippen LogP contribution in [0.1, 0.15) is 190 Å². The number of esters is 2. The fraction of sp³-hybridized carbons (Fsp3) is 0.810. The van der Waals surface area contributed by atoms with E-state index >= 15 is 0 Å². The van der Waals surface area contributed by atoms with Gasteiger partial charge in [-0.25, -0.2) is 9.59 Å². The predicted molar refractivity (Wildman–Crippen MR) is 204 cm³/mol. The minimum Gasteiger partial charge on any atom is -0.461 e. The normalized spacial score (nSPS) is 11.5. The number of hydrogen-bond acceptors (Lipinski definition) is 6. The van der Waals surface area contributed by atoms with Crippen LogP contribution in [0.4, 0.5) is 0 Å². The Balaban J connectivity index is 2.15. The van der Waals surface area contributed by atoms with Crippen molar-refractivity contribution in [2.75, 3.05) is 52.5 Å². The molecule has 0 amide bonds. The molecule has 278 valence electrons. The summed E-state index contributed by atoms with van der Waals surface area (Å²) in [4.78, 5) is 29.9. The molecule has 0 saturated heterocycles. The van der Waals surface area contributed by atoms with E-state index in [1.54, 1.807) is 24.3 Å². The first-order valence-electron chi connectivity index (χ1n) is 20.4. The highest BCUT2D eigenvalue weighted by Gasteiger charge is 2.13. The van der Waals surface area contributed by atoms with Gasteiger partial charge < -0.3 is 19.3 Å². The van der Waals surface area contributed by atoms with Crippen molar-refractivity contribution in [2.45, 2.75) is 169 Å². The van der Waals surface area contributed by atoms with E-state index in [0.29, 0.717) is 24.3 Å². The second-order valence-corrected chi connectivity index (χ2v) is 13.8. The van der Waals surface area contributed by atoms with Gasteiger partial charge in [-0.1, -0.05) is 156 Å². The molecule has 0 spiro atoms. The first-order chi connectivity index (χ1) is 23.5. The Kier molecular flexibility index (Phi) is 29.7. The molecule has 0 aromatic heterocycles. The lowest BCUT2D eigenvalue weighted by atomic mass is 10.1. The lowest BCUT2D eigenvalue weighted by Crippen LogP contribution is -2.29. The lowest BCUT2D eigenvalue weighted by Gasteiger charge is -2.20. The first kappa shape index (κ1) is 44.1. The van der Waals surface area contributed by atoms with E-state index in [1.165, 1.54) is 141 Å². The fourth-order valence-corrected chi connectivity index (χ4v) is 6.30. The summed E-state index contributed by atoms with van der Waals surface area (Å²) in [6, 6.07) is 6.64. The summed E-state index contributed by atoms with van der Waals surface area (Å²) in [6.45, 7) is 15.1. The van der Waals surface area contributed by atoms with Gasteiger partial charge >= 0.3 is 11.9 Å². The van der Waals surface area contributed by atoms with Crippen LogP contribution < -0.4 is 0 Å². The maximum atomic E-state index is 12.6. The molecule has 6 nitrogen and oxygen atoms in total. The maximum absolute atomic E-state index is 12.6. The van der Waals surface area contributed by atoms with Gasteiger partial charge in [0.15, 0.2) is 0 Å². The molecule has 0 aliphatic carbocycles. The fourth-order valence-electron chi connectivity index (χ4n) is 6.30. The summed E-state index contributed by atoms with van der Waals surface area (Å²) in [5, 5.41) is 0. The molecule has 1 aromatic rings. The highest BCUT2D eigenvalue weighted by molar-refractivity contribution is 5.93.